The molecule has 0 aromatic heterocycles. The fourth-order valence-corrected chi connectivity index (χ4v) is 3.33. The zero-order valence-electron chi connectivity index (χ0n) is 12.1. The van der Waals surface area contributed by atoms with E-state index in [9.17, 15) is 14.4 Å². The van der Waals surface area contributed by atoms with E-state index in [2.05, 4.69) is 0 Å². The molecular formula is C12H16I2O8. The van der Waals surface area contributed by atoms with Gasteiger partial charge in [-0.25, -0.2) is 0 Å². The maximum absolute atomic E-state index is 11.4. The molecule has 0 aromatic carbocycles. The van der Waals surface area contributed by atoms with Crippen LogP contribution in [0.4, 0.5) is 0 Å². The normalized spacial score (nSPS) is 31.2. The summed E-state index contributed by atoms with van der Waals surface area (Å²) in [5, 5.41) is 0. The summed E-state index contributed by atoms with van der Waals surface area (Å²) in [6.07, 6.45) is -3.46. The predicted octanol–water partition coefficient (Wildman–Crippen LogP) is 1.31. The Hall–Kier alpha value is -0.210. The van der Waals surface area contributed by atoms with Crippen molar-refractivity contribution >= 4 is 63.5 Å². The number of ether oxygens (including phenoxy) is 4. The van der Waals surface area contributed by atoms with Crippen LogP contribution in [0.15, 0.2) is 0 Å². The van der Waals surface area contributed by atoms with Gasteiger partial charge in [-0.15, -0.1) is 0 Å². The maximum Gasteiger partial charge on any atom is 0.303 e. The van der Waals surface area contributed by atoms with E-state index < -0.39 is 46.4 Å². The molecule has 5 atom stereocenters. The second kappa shape index (κ2) is 9.17. The Bertz CT molecular complexity index is 429. The number of hydrogen-bond acceptors (Lipinski definition) is 8. The van der Waals surface area contributed by atoms with E-state index in [1.807, 2.05) is 22.6 Å². The van der Waals surface area contributed by atoms with Crippen molar-refractivity contribution in [2.24, 2.45) is 0 Å². The lowest BCUT2D eigenvalue weighted by atomic mass is 9.99. The molecule has 1 aliphatic heterocycles. The van der Waals surface area contributed by atoms with E-state index in [0.29, 0.717) is 0 Å². The van der Waals surface area contributed by atoms with Crippen LogP contribution in [0.5, 0.6) is 0 Å². The van der Waals surface area contributed by atoms with Crippen molar-refractivity contribution in [2.75, 3.05) is 6.61 Å². The number of rotatable bonds is 5. The van der Waals surface area contributed by atoms with Crippen molar-refractivity contribution in [1.82, 2.24) is 0 Å². The van der Waals surface area contributed by atoms with Crippen LogP contribution >= 0.6 is 45.6 Å². The van der Waals surface area contributed by atoms with Gasteiger partial charge in [0.15, 0.2) is 18.3 Å². The summed E-state index contributed by atoms with van der Waals surface area (Å²) in [6.45, 7) is 3.79. The number of carbonyl (C=O) groups excluding carboxylic acids is 3. The Morgan fingerprint density at radius 1 is 0.909 bits per heavy atom. The molecule has 1 heterocycles. The molecule has 0 saturated carbocycles. The van der Waals surface area contributed by atoms with Gasteiger partial charge < -0.3 is 22.0 Å². The van der Waals surface area contributed by atoms with Gasteiger partial charge in [-0.05, 0) is 22.6 Å². The molecule has 0 amide bonds. The van der Waals surface area contributed by atoms with E-state index in [1.54, 1.807) is 23.0 Å². The number of carbonyl (C=O) groups is 3. The molecule has 0 bridgehead atoms. The van der Waals surface area contributed by atoms with Gasteiger partial charge in [0.25, 0.3) is 0 Å². The second-order valence-corrected chi connectivity index (χ2v) is 6.37. The van der Waals surface area contributed by atoms with Crippen LogP contribution in [0, 0.1) is 0 Å². The molecule has 3 unspecified atom stereocenters. The number of halogens is 2. The van der Waals surface area contributed by atoms with Crippen LogP contribution in [0.2, 0.25) is 0 Å². The molecule has 8 nitrogen and oxygen atoms in total. The van der Waals surface area contributed by atoms with Crippen LogP contribution in [0.1, 0.15) is 20.8 Å². The lowest BCUT2D eigenvalue weighted by molar-refractivity contribution is -0.231. The molecule has 22 heavy (non-hydrogen) atoms. The highest BCUT2D eigenvalue weighted by Gasteiger charge is 2.50. The fraction of sp³-hybridized carbons (Fsp3) is 0.750. The molecule has 0 N–H and O–H groups in total. The molecule has 10 heteroatoms. The molecule has 0 aromatic rings. The second-order valence-electron chi connectivity index (χ2n) is 4.52. The van der Waals surface area contributed by atoms with Gasteiger partial charge in [-0.2, -0.15) is 0 Å². The van der Waals surface area contributed by atoms with Crippen LogP contribution in [0.3, 0.4) is 0 Å². The first kappa shape index (κ1) is 19.8. The van der Waals surface area contributed by atoms with Gasteiger partial charge in [0.2, 0.25) is 0 Å². The molecular weight excluding hydrogens is 526 g/mol. The highest BCUT2D eigenvalue weighted by molar-refractivity contribution is 14.1. The number of hydrogen-bond donors (Lipinski definition) is 0. The lowest BCUT2D eigenvalue weighted by Gasteiger charge is -2.42. The summed E-state index contributed by atoms with van der Waals surface area (Å²) in [4.78, 5) is 34.0. The standard InChI is InChI=1S/C12H16I2O8/c1-5(15)19-9-8(4-18-14)22-12(13)11(21-7(3)17)10(9)20-6(2)16/h8-12H,4H2,1-3H3/t8?,9-,10?,11?,12+/m1/s1. The molecule has 1 rings (SSSR count). The Labute approximate surface area is 155 Å². The Balaban J connectivity index is 3.09. The van der Waals surface area contributed by atoms with Crippen molar-refractivity contribution in [2.45, 2.75) is 49.3 Å². The van der Waals surface area contributed by atoms with Gasteiger partial charge in [0, 0.05) is 20.8 Å². The van der Waals surface area contributed by atoms with Gasteiger partial charge in [-0.3, -0.25) is 14.4 Å². The van der Waals surface area contributed by atoms with E-state index >= 15 is 0 Å². The first-order valence-corrected chi connectivity index (χ1v) is 8.43. The predicted molar refractivity (Wildman–Crippen MR) is 89.3 cm³/mol. The van der Waals surface area contributed by atoms with E-state index in [0.717, 1.165) is 0 Å². The average molecular weight is 542 g/mol. The van der Waals surface area contributed by atoms with Crippen LogP contribution in [0.25, 0.3) is 0 Å². The minimum absolute atomic E-state index is 0.114. The maximum atomic E-state index is 11.4. The largest absolute Gasteiger partial charge is 0.456 e. The van der Waals surface area contributed by atoms with E-state index in [-0.39, 0.29) is 6.61 Å². The molecule has 0 radical (unpaired) electrons. The topological polar surface area (TPSA) is 97.4 Å². The Morgan fingerprint density at radius 3 is 1.82 bits per heavy atom. The summed E-state index contributed by atoms with van der Waals surface area (Å²) in [6, 6.07) is 0. The summed E-state index contributed by atoms with van der Waals surface area (Å²) in [5.41, 5.74) is 0. The monoisotopic (exact) mass is 542 g/mol. The minimum atomic E-state index is -0.975. The highest BCUT2D eigenvalue weighted by atomic mass is 127. The summed E-state index contributed by atoms with van der Waals surface area (Å²) < 4.78 is 25.7. The molecule has 0 spiro atoms. The molecule has 1 fully saturated rings. The summed E-state index contributed by atoms with van der Waals surface area (Å²) in [7, 11) is 0. The zero-order chi connectivity index (χ0) is 16.9. The van der Waals surface area contributed by atoms with Gasteiger partial charge in [0.05, 0.1) is 6.61 Å². The molecule has 1 aliphatic rings. The van der Waals surface area contributed by atoms with Crippen molar-refractivity contribution in [3.63, 3.8) is 0 Å². The van der Waals surface area contributed by atoms with Gasteiger partial charge in [0.1, 0.15) is 33.2 Å². The fourth-order valence-electron chi connectivity index (χ4n) is 2.04. The number of alkyl halides is 1. The van der Waals surface area contributed by atoms with E-state index in [4.69, 9.17) is 22.0 Å². The third-order valence-corrected chi connectivity index (χ3v) is 4.07. The van der Waals surface area contributed by atoms with Crippen molar-refractivity contribution in [3.8, 4) is 0 Å². The first-order chi connectivity index (χ1) is 10.3. The smallest absolute Gasteiger partial charge is 0.303 e. The van der Waals surface area contributed by atoms with Crippen molar-refractivity contribution in [1.29, 1.82) is 0 Å². The molecule has 126 valence electrons. The van der Waals surface area contributed by atoms with Crippen molar-refractivity contribution in [3.05, 3.63) is 0 Å². The zero-order valence-corrected chi connectivity index (χ0v) is 16.4. The first-order valence-electron chi connectivity index (χ1n) is 6.31. The van der Waals surface area contributed by atoms with Crippen LogP contribution < -0.4 is 0 Å². The third kappa shape index (κ3) is 5.77. The average Bonchev–Trinajstić information content (AvgIpc) is 2.37. The lowest BCUT2D eigenvalue weighted by Crippen LogP contribution is -2.60. The third-order valence-electron chi connectivity index (χ3n) is 2.71. The molecule has 1 saturated heterocycles. The van der Waals surface area contributed by atoms with E-state index in [1.165, 1.54) is 20.8 Å². The van der Waals surface area contributed by atoms with Gasteiger partial charge >= 0.3 is 17.9 Å². The minimum Gasteiger partial charge on any atom is -0.456 e. The van der Waals surface area contributed by atoms with Crippen molar-refractivity contribution < 1.29 is 36.4 Å². The Morgan fingerprint density at radius 2 is 1.36 bits per heavy atom. The molecule has 0 aliphatic carbocycles. The summed E-state index contributed by atoms with van der Waals surface area (Å²) >= 11 is 3.61. The summed E-state index contributed by atoms with van der Waals surface area (Å²) in [5.74, 6) is -1.71. The number of esters is 3. The SMILES string of the molecule is CC(=O)OC1C(OC(C)=O)[C@@H](I)OC(COI)[C@H]1OC(C)=O. The van der Waals surface area contributed by atoms with Crippen LogP contribution in [-0.2, 0) is 36.4 Å². The quantitative estimate of drug-likeness (QED) is 0.222. The van der Waals surface area contributed by atoms with Gasteiger partial charge in [-0.1, -0.05) is 0 Å². The van der Waals surface area contributed by atoms with Crippen LogP contribution in [-0.4, -0.2) is 53.0 Å². The highest BCUT2D eigenvalue weighted by Crippen LogP contribution is 2.32. The Kier molecular flexibility index (Phi) is 8.27.